The summed E-state index contributed by atoms with van der Waals surface area (Å²) in [5, 5.41) is 0. The minimum atomic E-state index is -3.70. The number of sulfone groups is 1. The first kappa shape index (κ1) is 17.2. The van der Waals surface area contributed by atoms with Gasteiger partial charge in [0.05, 0.1) is 4.90 Å². The van der Waals surface area contributed by atoms with Crippen molar-refractivity contribution >= 4 is 9.84 Å². The molecule has 0 aliphatic heterocycles. The van der Waals surface area contributed by atoms with Crippen LogP contribution >= 0.6 is 0 Å². The summed E-state index contributed by atoms with van der Waals surface area (Å²) in [5.41, 5.74) is 2.84. The van der Waals surface area contributed by atoms with Gasteiger partial charge in [0.25, 0.3) is 0 Å². The van der Waals surface area contributed by atoms with E-state index in [1.165, 1.54) is 0 Å². The Balaban J connectivity index is 2.14. The summed E-state index contributed by atoms with van der Waals surface area (Å²) in [5.74, 6) is 0.633. The topological polar surface area (TPSA) is 56.3 Å². The van der Waals surface area contributed by atoms with Crippen molar-refractivity contribution in [2.75, 3.05) is 0 Å². The first-order valence-electron chi connectivity index (χ1n) is 7.90. The Labute approximate surface area is 148 Å². The van der Waals surface area contributed by atoms with E-state index in [2.05, 4.69) is 4.98 Å². The summed E-state index contributed by atoms with van der Waals surface area (Å²) in [6, 6.07) is 15.5. The fourth-order valence-corrected chi connectivity index (χ4v) is 3.86. The van der Waals surface area contributed by atoms with Gasteiger partial charge in [-0.3, -0.25) is 0 Å². The number of aryl methyl sites for hydroxylation is 3. The Morgan fingerprint density at radius 2 is 1.56 bits per heavy atom. The molecule has 128 valence electrons. The summed E-state index contributed by atoms with van der Waals surface area (Å²) < 4.78 is 32.0. The van der Waals surface area contributed by atoms with Gasteiger partial charge in [-0.15, -0.1) is 0 Å². The molecule has 0 fully saturated rings. The molecular weight excluding hydrogens is 334 g/mol. The van der Waals surface area contributed by atoms with E-state index in [9.17, 15) is 8.42 Å². The molecule has 0 aliphatic rings. The van der Waals surface area contributed by atoms with Crippen LogP contribution < -0.4 is 4.74 Å². The van der Waals surface area contributed by atoms with Gasteiger partial charge in [-0.2, -0.15) is 0 Å². The van der Waals surface area contributed by atoms with Gasteiger partial charge in [-0.05, 0) is 62.2 Å². The zero-order valence-corrected chi connectivity index (χ0v) is 15.2. The van der Waals surface area contributed by atoms with Gasteiger partial charge in [0, 0.05) is 12.3 Å². The van der Waals surface area contributed by atoms with Crippen molar-refractivity contribution in [2.24, 2.45) is 0 Å². The molecule has 1 heterocycles. The molecule has 0 saturated heterocycles. The van der Waals surface area contributed by atoms with E-state index >= 15 is 0 Å². The first-order chi connectivity index (χ1) is 11.9. The van der Waals surface area contributed by atoms with Crippen molar-refractivity contribution in [1.29, 1.82) is 0 Å². The number of pyridine rings is 1. The van der Waals surface area contributed by atoms with Crippen molar-refractivity contribution in [3.63, 3.8) is 0 Å². The van der Waals surface area contributed by atoms with Crippen LogP contribution in [0.25, 0.3) is 0 Å². The molecule has 25 heavy (non-hydrogen) atoms. The summed E-state index contributed by atoms with van der Waals surface area (Å²) in [4.78, 5) is 4.50. The average Bonchev–Trinajstić information content (AvgIpc) is 2.59. The molecule has 0 bridgehead atoms. The summed E-state index contributed by atoms with van der Waals surface area (Å²) in [6.45, 7) is 5.72. The molecule has 5 heteroatoms. The summed E-state index contributed by atoms with van der Waals surface area (Å²) >= 11 is 0. The second-order valence-corrected chi connectivity index (χ2v) is 7.89. The third-order valence-electron chi connectivity index (χ3n) is 4.03. The number of aromatic nitrogens is 1. The van der Waals surface area contributed by atoms with Crippen LogP contribution in [0.3, 0.4) is 0 Å². The average molecular weight is 353 g/mol. The minimum absolute atomic E-state index is 0.144. The lowest BCUT2D eigenvalue weighted by Gasteiger charge is -2.14. The molecule has 3 aromatic rings. The largest absolute Gasteiger partial charge is 0.438 e. The Morgan fingerprint density at radius 3 is 2.20 bits per heavy atom. The maximum Gasteiger partial charge on any atom is 0.219 e. The molecule has 0 radical (unpaired) electrons. The normalized spacial score (nSPS) is 11.3. The molecule has 4 nitrogen and oxygen atoms in total. The van der Waals surface area contributed by atoms with Crippen molar-refractivity contribution in [3.8, 4) is 11.6 Å². The van der Waals surface area contributed by atoms with Crippen LogP contribution in [0.5, 0.6) is 11.6 Å². The fourth-order valence-electron chi connectivity index (χ4n) is 2.42. The molecule has 0 unspecified atom stereocenters. The molecule has 0 saturated carbocycles. The molecule has 0 aliphatic carbocycles. The maximum atomic E-state index is 13.1. The second-order valence-electron chi connectivity index (χ2n) is 5.97. The van der Waals surface area contributed by atoms with Crippen molar-refractivity contribution in [2.45, 2.75) is 30.6 Å². The SMILES string of the molecule is Cc1ccc(S(=O)(=O)c2cc(C)c(C)cc2Oc2ccccn2)cc1. The highest BCUT2D eigenvalue weighted by Gasteiger charge is 2.24. The van der Waals surface area contributed by atoms with Gasteiger partial charge in [-0.1, -0.05) is 23.8 Å². The highest BCUT2D eigenvalue weighted by atomic mass is 32.2. The lowest BCUT2D eigenvalue weighted by molar-refractivity contribution is 0.448. The highest BCUT2D eigenvalue weighted by molar-refractivity contribution is 7.91. The van der Waals surface area contributed by atoms with Crippen LogP contribution in [-0.2, 0) is 9.84 Å². The minimum Gasteiger partial charge on any atom is -0.438 e. The van der Waals surface area contributed by atoms with Crippen LogP contribution in [0.4, 0.5) is 0 Å². The van der Waals surface area contributed by atoms with Crippen LogP contribution in [0, 0.1) is 20.8 Å². The number of hydrogen-bond acceptors (Lipinski definition) is 4. The predicted octanol–water partition coefficient (Wildman–Crippen LogP) is 4.63. The molecule has 0 amide bonds. The zero-order chi connectivity index (χ0) is 18.0. The number of hydrogen-bond donors (Lipinski definition) is 0. The summed E-state index contributed by atoms with van der Waals surface area (Å²) in [6.07, 6.45) is 1.60. The first-order valence-corrected chi connectivity index (χ1v) is 9.38. The lowest BCUT2D eigenvalue weighted by Crippen LogP contribution is -2.06. The number of benzene rings is 2. The van der Waals surface area contributed by atoms with E-state index in [-0.39, 0.29) is 15.5 Å². The molecule has 0 spiro atoms. The van der Waals surface area contributed by atoms with Crippen LogP contribution in [-0.4, -0.2) is 13.4 Å². The molecule has 3 rings (SSSR count). The standard InChI is InChI=1S/C20H19NO3S/c1-14-7-9-17(10-8-14)25(22,23)19-13-16(3)15(2)12-18(19)24-20-6-4-5-11-21-20/h4-13H,1-3H3. The smallest absolute Gasteiger partial charge is 0.219 e. The van der Waals surface area contributed by atoms with Crippen LogP contribution in [0.1, 0.15) is 16.7 Å². The predicted molar refractivity (Wildman–Crippen MR) is 96.9 cm³/mol. The van der Waals surface area contributed by atoms with E-state index in [1.807, 2.05) is 20.8 Å². The zero-order valence-electron chi connectivity index (χ0n) is 14.4. The van der Waals surface area contributed by atoms with E-state index in [0.29, 0.717) is 5.88 Å². The number of ether oxygens (including phenoxy) is 1. The third-order valence-corrected chi connectivity index (χ3v) is 5.82. The molecular formula is C20H19NO3S. The van der Waals surface area contributed by atoms with E-state index in [1.54, 1.807) is 60.8 Å². The van der Waals surface area contributed by atoms with Gasteiger partial charge >= 0.3 is 0 Å². The van der Waals surface area contributed by atoms with Gasteiger partial charge in [0.15, 0.2) is 0 Å². The maximum absolute atomic E-state index is 13.1. The highest BCUT2D eigenvalue weighted by Crippen LogP contribution is 2.34. The number of rotatable bonds is 4. The second kappa shape index (κ2) is 6.69. The van der Waals surface area contributed by atoms with Crippen molar-refractivity contribution in [3.05, 3.63) is 77.5 Å². The van der Waals surface area contributed by atoms with Gasteiger partial charge < -0.3 is 4.74 Å². The molecule has 2 aromatic carbocycles. The molecule has 1 aromatic heterocycles. The van der Waals surface area contributed by atoms with E-state index in [4.69, 9.17) is 4.74 Å². The third kappa shape index (κ3) is 3.56. The van der Waals surface area contributed by atoms with Gasteiger partial charge in [-0.25, -0.2) is 13.4 Å². The Kier molecular flexibility index (Phi) is 4.59. The van der Waals surface area contributed by atoms with Crippen LogP contribution in [0.15, 0.2) is 70.6 Å². The monoisotopic (exact) mass is 353 g/mol. The molecule has 0 atom stereocenters. The van der Waals surface area contributed by atoms with Gasteiger partial charge in [0.2, 0.25) is 15.7 Å². The number of nitrogens with zero attached hydrogens (tertiary/aromatic N) is 1. The van der Waals surface area contributed by atoms with E-state index in [0.717, 1.165) is 16.7 Å². The van der Waals surface area contributed by atoms with E-state index < -0.39 is 9.84 Å². The Hall–Kier alpha value is -2.66. The summed E-state index contributed by atoms with van der Waals surface area (Å²) in [7, 11) is -3.70. The van der Waals surface area contributed by atoms with Crippen LogP contribution in [0.2, 0.25) is 0 Å². The quantitative estimate of drug-likeness (QED) is 0.686. The molecule has 0 N–H and O–H groups in total. The fraction of sp³-hybridized carbons (Fsp3) is 0.150. The van der Waals surface area contributed by atoms with Crippen molar-refractivity contribution in [1.82, 2.24) is 4.98 Å². The Morgan fingerprint density at radius 1 is 0.880 bits per heavy atom. The van der Waals surface area contributed by atoms with Crippen molar-refractivity contribution < 1.29 is 13.2 Å². The Bertz CT molecular complexity index is 995. The van der Waals surface area contributed by atoms with Gasteiger partial charge in [0.1, 0.15) is 10.6 Å². The lowest BCUT2D eigenvalue weighted by atomic mass is 10.1.